The molecule has 0 atom stereocenters. The number of amides is 2. The van der Waals surface area contributed by atoms with Crippen LogP contribution in [0.1, 0.15) is 23.7 Å². The highest BCUT2D eigenvalue weighted by Gasteiger charge is 2.07. The fourth-order valence-electron chi connectivity index (χ4n) is 1.81. The Morgan fingerprint density at radius 3 is 2.35 bits per heavy atom. The van der Waals surface area contributed by atoms with E-state index in [0.29, 0.717) is 11.3 Å². The Morgan fingerprint density at radius 1 is 1.04 bits per heavy atom. The monoisotopic (exact) mass is 373 g/mol. The minimum Gasteiger partial charge on any atom is -0.326 e. The molecule has 2 aromatic carbocycles. The summed E-state index contributed by atoms with van der Waals surface area (Å²) in [7, 11) is 0. The Labute approximate surface area is 142 Å². The van der Waals surface area contributed by atoms with Gasteiger partial charge in [-0.05, 0) is 43.3 Å². The van der Waals surface area contributed by atoms with Gasteiger partial charge in [-0.1, -0.05) is 34.1 Å². The quantitative estimate of drug-likeness (QED) is 0.620. The van der Waals surface area contributed by atoms with Crippen molar-refractivity contribution in [2.24, 2.45) is 5.10 Å². The SMILES string of the molecule is C/C(CC(=O)Nc1ccccc1)=N\NC(=O)c1ccc(Br)cc1. The van der Waals surface area contributed by atoms with Crippen molar-refractivity contribution in [3.8, 4) is 0 Å². The Bertz CT molecular complexity index is 712. The molecule has 118 valence electrons. The smallest absolute Gasteiger partial charge is 0.271 e. The molecule has 2 amide bonds. The van der Waals surface area contributed by atoms with E-state index in [1.165, 1.54) is 0 Å². The van der Waals surface area contributed by atoms with E-state index in [1.807, 2.05) is 18.2 Å². The number of hydrogen-bond acceptors (Lipinski definition) is 3. The van der Waals surface area contributed by atoms with Crippen molar-refractivity contribution >= 4 is 39.1 Å². The molecule has 2 N–H and O–H groups in total. The third kappa shape index (κ3) is 5.67. The van der Waals surface area contributed by atoms with Crippen LogP contribution in [0.5, 0.6) is 0 Å². The molecule has 0 bridgehead atoms. The van der Waals surface area contributed by atoms with E-state index < -0.39 is 0 Å². The van der Waals surface area contributed by atoms with Crippen LogP contribution >= 0.6 is 15.9 Å². The van der Waals surface area contributed by atoms with Crippen molar-refractivity contribution in [2.75, 3.05) is 5.32 Å². The maximum Gasteiger partial charge on any atom is 0.271 e. The third-order valence-electron chi connectivity index (χ3n) is 2.93. The molecule has 0 aliphatic carbocycles. The van der Waals surface area contributed by atoms with Crippen molar-refractivity contribution in [1.29, 1.82) is 0 Å². The minimum absolute atomic E-state index is 0.107. The zero-order valence-electron chi connectivity index (χ0n) is 12.5. The van der Waals surface area contributed by atoms with Crippen LogP contribution in [0, 0.1) is 0 Å². The van der Waals surface area contributed by atoms with Gasteiger partial charge >= 0.3 is 0 Å². The Balaban J connectivity index is 1.86. The summed E-state index contributed by atoms with van der Waals surface area (Å²) in [5, 5.41) is 6.71. The average Bonchev–Trinajstić information content (AvgIpc) is 2.54. The van der Waals surface area contributed by atoms with Gasteiger partial charge in [0.1, 0.15) is 0 Å². The number of rotatable bonds is 5. The maximum atomic E-state index is 11.9. The molecule has 0 heterocycles. The second-order valence-electron chi connectivity index (χ2n) is 4.89. The van der Waals surface area contributed by atoms with Crippen LogP contribution in [0.4, 0.5) is 5.69 Å². The lowest BCUT2D eigenvalue weighted by Gasteiger charge is -2.05. The largest absolute Gasteiger partial charge is 0.326 e. The maximum absolute atomic E-state index is 11.9. The van der Waals surface area contributed by atoms with Crippen LogP contribution < -0.4 is 10.7 Å². The van der Waals surface area contributed by atoms with Crippen LogP contribution in [-0.2, 0) is 4.79 Å². The topological polar surface area (TPSA) is 70.6 Å². The van der Waals surface area contributed by atoms with Gasteiger partial charge in [0.05, 0.1) is 6.42 Å². The number of nitrogens with zero attached hydrogens (tertiary/aromatic N) is 1. The van der Waals surface area contributed by atoms with Gasteiger partial charge in [0, 0.05) is 21.4 Å². The van der Waals surface area contributed by atoms with Gasteiger partial charge < -0.3 is 5.32 Å². The first-order chi connectivity index (χ1) is 11.0. The van der Waals surface area contributed by atoms with E-state index in [0.717, 1.165) is 10.2 Å². The molecule has 0 aliphatic rings. The molecule has 0 radical (unpaired) electrons. The Morgan fingerprint density at radius 2 is 1.70 bits per heavy atom. The van der Waals surface area contributed by atoms with Gasteiger partial charge in [0.15, 0.2) is 0 Å². The number of carbonyl (C=O) groups is 2. The van der Waals surface area contributed by atoms with Crippen LogP contribution in [0.3, 0.4) is 0 Å². The highest BCUT2D eigenvalue weighted by Crippen LogP contribution is 2.10. The number of anilines is 1. The van der Waals surface area contributed by atoms with E-state index in [1.54, 1.807) is 43.3 Å². The number of halogens is 1. The van der Waals surface area contributed by atoms with E-state index >= 15 is 0 Å². The van der Waals surface area contributed by atoms with Gasteiger partial charge in [-0.15, -0.1) is 0 Å². The van der Waals surface area contributed by atoms with Crippen molar-refractivity contribution in [1.82, 2.24) is 5.43 Å². The van der Waals surface area contributed by atoms with Gasteiger partial charge in [-0.2, -0.15) is 5.10 Å². The Hall–Kier alpha value is -2.47. The summed E-state index contributed by atoms with van der Waals surface area (Å²) in [5.41, 5.74) is 4.18. The normalized spacial score (nSPS) is 11.0. The molecule has 0 aliphatic heterocycles. The first kappa shape index (κ1) is 16.9. The highest BCUT2D eigenvalue weighted by molar-refractivity contribution is 9.10. The van der Waals surface area contributed by atoms with Crippen LogP contribution in [0.15, 0.2) is 64.2 Å². The summed E-state index contributed by atoms with van der Waals surface area (Å²) >= 11 is 3.31. The predicted octanol–water partition coefficient (Wildman–Crippen LogP) is 3.58. The number of hydrazone groups is 1. The first-order valence-corrected chi connectivity index (χ1v) is 7.78. The second-order valence-corrected chi connectivity index (χ2v) is 5.80. The van der Waals surface area contributed by atoms with Crippen molar-refractivity contribution in [2.45, 2.75) is 13.3 Å². The van der Waals surface area contributed by atoms with E-state index in [9.17, 15) is 9.59 Å². The number of para-hydroxylation sites is 1. The zero-order valence-corrected chi connectivity index (χ0v) is 14.1. The summed E-state index contributed by atoms with van der Waals surface area (Å²) in [5.74, 6) is -0.504. The number of benzene rings is 2. The van der Waals surface area contributed by atoms with Gasteiger partial charge in [-0.3, -0.25) is 9.59 Å². The van der Waals surface area contributed by atoms with Crippen LogP contribution in [0.2, 0.25) is 0 Å². The summed E-state index contributed by atoms with van der Waals surface area (Å²) in [6.07, 6.45) is 0.107. The van der Waals surface area contributed by atoms with Gasteiger partial charge in [0.25, 0.3) is 5.91 Å². The highest BCUT2D eigenvalue weighted by atomic mass is 79.9. The average molecular weight is 374 g/mol. The van der Waals surface area contributed by atoms with E-state index in [-0.39, 0.29) is 18.2 Å². The predicted molar refractivity (Wildman–Crippen MR) is 94.4 cm³/mol. The molecule has 0 saturated heterocycles. The van der Waals surface area contributed by atoms with Crippen molar-refractivity contribution in [3.05, 3.63) is 64.6 Å². The molecule has 23 heavy (non-hydrogen) atoms. The minimum atomic E-state index is -0.319. The zero-order chi connectivity index (χ0) is 16.7. The molecular weight excluding hydrogens is 358 g/mol. The molecule has 5 nitrogen and oxygen atoms in total. The molecule has 0 aromatic heterocycles. The summed E-state index contributed by atoms with van der Waals surface area (Å²) in [4.78, 5) is 23.8. The fourth-order valence-corrected chi connectivity index (χ4v) is 2.07. The summed E-state index contributed by atoms with van der Waals surface area (Å²) in [6, 6.07) is 16.1. The molecule has 6 heteroatoms. The van der Waals surface area contributed by atoms with Crippen LogP contribution in [0.25, 0.3) is 0 Å². The lowest BCUT2D eigenvalue weighted by Crippen LogP contribution is -2.21. The molecule has 0 unspecified atom stereocenters. The molecular formula is C17H16BrN3O2. The molecule has 2 aromatic rings. The number of hydrogen-bond donors (Lipinski definition) is 2. The lowest BCUT2D eigenvalue weighted by molar-refractivity contribution is -0.115. The van der Waals surface area contributed by atoms with E-state index in [2.05, 4.69) is 31.8 Å². The third-order valence-corrected chi connectivity index (χ3v) is 3.46. The second kappa shape index (κ2) is 8.24. The molecule has 0 spiro atoms. The first-order valence-electron chi connectivity index (χ1n) is 6.98. The molecule has 2 rings (SSSR count). The molecule has 0 saturated carbocycles. The fraction of sp³-hybridized carbons (Fsp3) is 0.118. The summed E-state index contributed by atoms with van der Waals surface area (Å²) in [6.45, 7) is 1.69. The van der Waals surface area contributed by atoms with Gasteiger partial charge in [-0.25, -0.2) is 5.43 Å². The number of carbonyl (C=O) groups excluding carboxylic acids is 2. The van der Waals surface area contributed by atoms with E-state index in [4.69, 9.17) is 0 Å². The summed E-state index contributed by atoms with van der Waals surface area (Å²) < 4.78 is 0.895. The standard InChI is InChI=1S/C17H16BrN3O2/c1-12(11-16(22)19-15-5-3-2-4-6-15)20-21-17(23)13-7-9-14(18)10-8-13/h2-10H,11H2,1H3,(H,19,22)(H,21,23)/b20-12+. The van der Waals surface area contributed by atoms with Gasteiger partial charge in [0.2, 0.25) is 5.91 Å². The van der Waals surface area contributed by atoms with Crippen molar-refractivity contribution in [3.63, 3.8) is 0 Å². The molecule has 0 fully saturated rings. The lowest BCUT2D eigenvalue weighted by atomic mass is 10.2. The number of nitrogens with one attached hydrogen (secondary N) is 2. The Kier molecular flexibility index (Phi) is 6.05. The van der Waals surface area contributed by atoms with Crippen LogP contribution in [-0.4, -0.2) is 17.5 Å². The van der Waals surface area contributed by atoms with Crippen molar-refractivity contribution < 1.29 is 9.59 Å².